The van der Waals surface area contributed by atoms with Crippen LogP contribution in [-0.2, 0) is 0 Å². The number of carbonyl (C=O) groups is 1. The van der Waals surface area contributed by atoms with E-state index in [-0.39, 0.29) is 5.56 Å². The van der Waals surface area contributed by atoms with E-state index in [0.717, 1.165) is 0 Å². The summed E-state index contributed by atoms with van der Waals surface area (Å²) in [6.45, 7) is 0.365. The van der Waals surface area contributed by atoms with Crippen LogP contribution < -0.4 is 5.32 Å². The van der Waals surface area contributed by atoms with Crippen LogP contribution in [-0.4, -0.2) is 12.5 Å². The molecule has 0 heterocycles. The third-order valence-electron chi connectivity index (χ3n) is 1.67. The highest BCUT2D eigenvalue weighted by Gasteiger charge is 2.08. The molecule has 1 aromatic rings. The zero-order valence-corrected chi connectivity index (χ0v) is 7.59. The Hall–Kier alpha value is -1.82. The maximum Gasteiger partial charge on any atom is 0.254 e. The van der Waals surface area contributed by atoms with Crippen molar-refractivity contribution in [2.45, 2.75) is 6.42 Å². The van der Waals surface area contributed by atoms with Gasteiger partial charge in [-0.05, 0) is 12.1 Å². The van der Waals surface area contributed by atoms with Gasteiger partial charge in [0, 0.05) is 13.0 Å². The van der Waals surface area contributed by atoms with Gasteiger partial charge in [0.2, 0.25) is 0 Å². The summed E-state index contributed by atoms with van der Waals surface area (Å²) in [4.78, 5) is 11.3. The average molecular weight is 191 g/mol. The van der Waals surface area contributed by atoms with E-state index in [1.165, 1.54) is 18.2 Å². The first kappa shape index (κ1) is 10.3. The molecule has 0 aliphatic rings. The average Bonchev–Trinajstić information content (AvgIpc) is 2.18. The Labute approximate surface area is 82.1 Å². The number of benzene rings is 1. The smallest absolute Gasteiger partial charge is 0.254 e. The molecule has 1 aromatic carbocycles. The van der Waals surface area contributed by atoms with Crippen LogP contribution in [0.3, 0.4) is 0 Å². The maximum absolute atomic E-state index is 13.0. The van der Waals surface area contributed by atoms with E-state index < -0.39 is 11.7 Å². The van der Waals surface area contributed by atoms with Crippen LogP contribution in [0.25, 0.3) is 0 Å². The Morgan fingerprint density at radius 2 is 2.21 bits per heavy atom. The van der Waals surface area contributed by atoms with E-state index in [2.05, 4.69) is 11.2 Å². The number of nitrogens with one attached hydrogen (secondary N) is 1. The third-order valence-corrected chi connectivity index (χ3v) is 1.67. The van der Waals surface area contributed by atoms with Crippen molar-refractivity contribution < 1.29 is 9.18 Å². The summed E-state index contributed by atoms with van der Waals surface area (Å²) in [5.41, 5.74) is 0.0459. The highest BCUT2D eigenvalue weighted by atomic mass is 19.1. The van der Waals surface area contributed by atoms with Crippen LogP contribution in [0.15, 0.2) is 24.3 Å². The van der Waals surface area contributed by atoms with Gasteiger partial charge in [0.1, 0.15) is 5.82 Å². The van der Waals surface area contributed by atoms with Gasteiger partial charge < -0.3 is 5.32 Å². The van der Waals surface area contributed by atoms with Gasteiger partial charge in [0.25, 0.3) is 5.91 Å². The molecule has 1 amide bonds. The first-order chi connectivity index (χ1) is 6.75. The summed E-state index contributed by atoms with van der Waals surface area (Å²) < 4.78 is 13.0. The molecule has 0 saturated carbocycles. The number of hydrogen-bond acceptors (Lipinski definition) is 1. The molecular weight excluding hydrogens is 181 g/mol. The van der Waals surface area contributed by atoms with Crippen molar-refractivity contribution >= 4 is 5.91 Å². The summed E-state index contributed by atoms with van der Waals surface area (Å²) in [7, 11) is 0. The standard InChI is InChI=1S/C11H10FNO/c1-2-3-8-13-11(14)9-6-4-5-7-10(9)12/h1,4-7H,3,8H2,(H,13,14). The van der Waals surface area contributed by atoms with Crippen LogP contribution in [0.1, 0.15) is 16.8 Å². The normalized spacial score (nSPS) is 9.14. The third kappa shape index (κ3) is 2.60. The van der Waals surface area contributed by atoms with E-state index in [0.29, 0.717) is 13.0 Å². The van der Waals surface area contributed by atoms with Crippen LogP contribution >= 0.6 is 0 Å². The lowest BCUT2D eigenvalue weighted by atomic mass is 10.2. The van der Waals surface area contributed by atoms with Gasteiger partial charge in [0.05, 0.1) is 5.56 Å². The van der Waals surface area contributed by atoms with Gasteiger partial charge in [-0.25, -0.2) is 4.39 Å². The first-order valence-corrected chi connectivity index (χ1v) is 4.22. The monoisotopic (exact) mass is 191 g/mol. The van der Waals surface area contributed by atoms with Crippen molar-refractivity contribution in [2.75, 3.05) is 6.54 Å². The molecule has 0 aliphatic heterocycles. The molecular formula is C11H10FNO. The summed E-state index contributed by atoms with van der Waals surface area (Å²) in [5.74, 6) is 1.43. The van der Waals surface area contributed by atoms with Crippen LogP contribution in [0.4, 0.5) is 4.39 Å². The fraction of sp³-hybridized carbons (Fsp3) is 0.182. The fourth-order valence-corrected chi connectivity index (χ4v) is 0.989. The largest absolute Gasteiger partial charge is 0.351 e. The number of amides is 1. The lowest BCUT2D eigenvalue weighted by Gasteiger charge is -2.03. The molecule has 3 heteroatoms. The van der Waals surface area contributed by atoms with E-state index in [1.807, 2.05) is 0 Å². The van der Waals surface area contributed by atoms with Gasteiger partial charge >= 0.3 is 0 Å². The lowest BCUT2D eigenvalue weighted by molar-refractivity contribution is 0.0950. The topological polar surface area (TPSA) is 29.1 Å². The molecule has 0 spiro atoms. The molecule has 2 nitrogen and oxygen atoms in total. The fourth-order valence-electron chi connectivity index (χ4n) is 0.989. The van der Waals surface area contributed by atoms with Gasteiger partial charge in [-0.15, -0.1) is 12.3 Å². The molecule has 0 bridgehead atoms. The summed E-state index contributed by atoms with van der Waals surface area (Å²) in [6, 6.07) is 5.82. The van der Waals surface area contributed by atoms with Gasteiger partial charge in [-0.1, -0.05) is 12.1 Å². The molecule has 0 atom stereocenters. The van der Waals surface area contributed by atoms with Gasteiger partial charge in [0.15, 0.2) is 0 Å². The Bertz CT molecular complexity index is 368. The Balaban J connectivity index is 2.62. The Morgan fingerprint density at radius 1 is 1.50 bits per heavy atom. The summed E-state index contributed by atoms with van der Waals surface area (Å²) >= 11 is 0. The minimum Gasteiger partial charge on any atom is -0.351 e. The SMILES string of the molecule is C#CCCNC(=O)c1ccccc1F. The number of rotatable bonds is 3. The minimum atomic E-state index is -0.522. The van der Waals surface area contributed by atoms with Crippen LogP contribution in [0, 0.1) is 18.2 Å². The second-order valence-corrected chi connectivity index (χ2v) is 2.69. The Morgan fingerprint density at radius 3 is 2.86 bits per heavy atom. The number of carbonyl (C=O) groups excluding carboxylic acids is 1. The molecule has 0 saturated heterocycles. The molecule has 14 heavy (non-hydrogen) atoms. The van der Waals surface area contributed by atoms with Crippen molar-refractivity contribution in [3.63, 3.8) is 0 Å². The molecule has 0 fully saturated rings. The van der Waals surface area contributed by atoms with Crippen molar-refractivity contribution in [3.8, 4) is 12.3 Å². The van der Waals surface area contributed by atoms with Crippen LogP contribution in [0.5, 0.6) is 0 Å². The molecule has 0 aromatic heterocycles. The second-order valence-electron chi connectivity index (χ2n) is 2.69. The quantitative estimate of drug-likeness (QED) is 0.570. The molecule has 1 N–H and O–H groups in total. The zero-order valence-electron chi connectivity index (χ0n) is 7.59. The van der Waals surface area contributed by atoms with E-state index >= 15 is 0 Å². The van der Waals surface area contributed by atoms with E-state index in [9.17, 15) is 9.18 Å². The van der Waals surface area contributed by atoms with Crippen molar-refractivity contribution in [2.24, 2.45) is 0 Å². The van der Waals surface area contributed by atoms with E-state index in [4.69, 9.17) is 6.42 Å². The maximum atomic E-state index is 13.0. The summed E-state index contributed by atoms with van der Waals surface area (Å²) in [5, 5.41) is 2.52. The zero-order chi connectivity index (χ0) is 10.4. The van der Waals surface area contributed by atoms with Crippen LogP contribution in [0.2, 0.25) is 0 Å². The minimum absolute atomic E-state index is 0.0459. The molecule has 1 rings (SSSR count). The van der Waals surface area contributed by atoms with Crippen molar-refractivity contribution in [3.05, 3.63) is 35.6 Å². The van der Waals surface area contributed by atoms with Crippen molar-refractivity contribution in [1.29, 1.82) is 0 Å². The van der Waals surface area contributed by atoms with Gasteiger partial charge in [-0.2, -0.15) is 0 Å². The van der Waals surface area contributed by atoms with Gasteiger partial charge in [-0.3, -0.25) is 4.79 Å². The van der Waals surface area contributed by atoms with Crippen molar-refractivity contribution in [1.82, 2.24) is 5.32 Å². The molecule has 72 valence electrons. The van der Waals surface area contributed by atoms with E-state index in [1.54, 1.807) is 6.07 Å². The summed E-state index contributed by atoms with van der Waals surface area (Å²) in [6.07, 6.45) is 5.45. The molecule has 0 aliphatic carbocycles. The number of hydrogen-bond donors (Lipinski definition) is 1. The number of halogens is 1. The molecule has 0 unspecified atom stereocenters. The number of terminal acetylenes is 1. The lowest BCUT2D eigenvalue weighted by Crippen LogP contribution is -2.25. The predicted molar refractivity (Wildman–Crippen MR) is 52.2 cm³/mol. The highest BCUT2D eigenvalue weighted by Crippen LogP contribution is 2.05. The highest BCUT2D eigenvalue weighted by molar-refractivity contribution is 5.94. The predicted octanol–water partition coefficient (Wildman–Crippen LogP) is 1.58. The second kappa shape index (κ2) is 5.03. The molecule has 0 radical (unpaired) electrons. The Kier molecular flexibility index (Phi) is 3.69. The first-order valence-electron chi connectivity index (χ1n) is 4.22.